The highest BCUT2D eigenvalue weighted by Crippen LogP contribution is 2.31. The molecular weight excluding hydrogens is 449 g/mol. The Balaban J connectivity index is 1.41. The van der Waals surface area contributed by atoms with Crippen molar-refractivity contribution >= 4 is 17.4 Å². The van der Waals surface area contributed by atoms with E-state index >= 15 is 0 Å². The fraction of sp³-hybridized carbons (Fsp3) is 0.292. The maximum absolute atomic E-state index is 12.8. The van der Waals surface area contributed by atoms with E-state index in [0.29, 0.717) is 42.6 Å². The van der Waals surface area contributed by atoms with Gasteiger partial charge < -0.3 is 19.7 Å². The number of piperidine rings is 1. The van der Waals surface area contributed by atoms with E-state index in [0.717, 1.165) is 24.1 Å². The standard InChI is InChI=1S/C24H23F3N4O3/c1-16-4-8-19(9-5-16)33-23-21(28-12-13-29-23)31-14-2-3-17(15-31)22(32)30-18-6-10-20(11-7-18)34-24(25,26)27/h4-13,17H,2-3,14-15H2,1H3,(H,30,32)/t17-/m0/s1. The van der Waals surface area contributed by atoms with Crippen LogP contribution < -0.4 is 19.7 Å². The number of benzene rings is 2. The van der Waals surface area contributed by atoms with Gasteiger partial charge in [0.25, 0.3) is 5.88 Å². The average Bonchev–Trinajstić information content (AvgIpc) is 2.81. The van der Waals surface area contributed by atoms with Crippen molar-refractivity contribution in [1.82, 2.24) is 9.97 Å². The molecule has 3 aromatic rings. The molecule has 34 heavy (non-hydrogen) atoms. The van der Waals surface area contributed by atoms with Crippen molar-refractivity contribution in [2.75, 3.05) is 23.3 Å². The molecule has 1 aromatic heterocycles. The van der Waals surface area contributed by atoms with Gasteiger partial charge in [-0.15, -0.1) is 13.2 Å². The zero-order valence-corrected chi connectivity index (χ0v) is 18.4. The van der Waals surface area contributed by atoms with Gasteiger partial charge in [-0.2, -0.15) is 0 Å². The summed E-state index contributed by atoms with van der Waals surface area (Å²) >= 11 is 0. The van der Waals surface area contributed by atoms with Gasteiger partial charge in [0, 0.05) is 31.2 Å². The molecule has 1 N–H and O–H groups in total. The van der Waals surface area contributed by atoms with E-state index in [4.69, 9.17) is 4.74 Å². The van der Waals surface area contributed by atoms with E-state index in [-0.39, 0.29) is 17.6 Å². The van der Waals surface area contributed by atoms with Crippen molar-refractivity contribution < 1.29 is 27.4 Å². The first-order valence-electron chi connectivity index (χ1n) is 10.7. The summed E-state index contributed by atoms with van der Waals surface area (Å²) < 4.78 is 46.8. The summed E-state index contributed by atoms with van der Waals surface area (Å²) in [5, 5.41) is 2.76. The second-order valence-corrected chi connectivity index (χ2v) is 7.95. The Kier molecular flexibility index (Phi) is 6.85. The molecule has 1 atom stereocenters. The van der Waals surface area contributed by atoms with Crippen LogP contribution in [0.1, 0.15) is 18.4 Å². The quantitative estimate of drug-likeness (QED) is 0.523. The SMILES string of the molecule is Cc1ccc(Oc2nccnc2N2CCC[C@H](C(=O)Nc3ccc(OC(F)(F)F)cc3)C2)cc1. The molecule has 0 saturated carbocycles. The predicted octanol–water partition coefficient (Wildman–Crippen LogP) is 5.33. The molecule has 1 fully saturated rings. The average molecular weight is 472 g/mol. The highest BCUT2D eigenvalue weighted by atomic mass is 19.4. The van der Waals surface area contributed by atoms with Crippen molar-refractivity contribution in [3.63, 3.8) is 0 Å². The molecule has 0 radical (unpaired) electrons. The fourth-order valence-electron chi connectivity index (χ4n) is 3.69. The predicted molar refractivity (Wildman–Crippen MR) is 120 cm³/mol. The van der Waals surface area contributed by atoms with Gasteiger partial charge >= 0.3 is 6.36 Å². The van der Waals surface area contributed by atoms with Crippen LogP contribution in [0.2, 0.25) is 0 Å². The van der Waals surface area contributed by atoms with Crippen LogP contribution in [-0.2, 0) is 4.79 Å². The third kappa shape index (κ3) is 6.15. The third-order valence-corrected chi connectivity index (χ3v) is 5.33. The zero-order valence-electron chi connectivity index (χ0n) is 18.4. The molecule has 4 rings (SSSR count). The molecule has 178 valence electrons. The Hall–Kier alpha value is -3.82. The van der Waals surface area contributed by atoms with Crippen molar-refractivity contribution in [2.45, 2.75) is 26.1 Å². The summed E-state index contributed by atoms with van der Waals surface area (Å²) in [5.74, 6) is 0.629. The minimum absolute atomic E-state index is 0.223. The van der Waals surface area contributed by atoms with Crippen molar-refractivity contribution in [3.05, 3.63) is 66.5 Å². The number of hydrogen-bond acceptors (Lipinski definition) is 6. The van der Waals surface area contributed by atoms with Gasteiger partial charge in [-0.05, 0) is 56.2 Å². The van der Waals surface area contributed by atoms with Gasteiger partial charge in [-0.1, -0.05) is 17.7 Å². The number of carbonyl (C=O) groups excluding carboxylic acids is 1. The molecule has 0 spiro atoms. The van der Waals surface area contributed by atoms with E-state index in [9.17, 15) is 18.0 Å². The summed E-state index contributed by atoms with van der Waals surface area (Å²) in [6.45, 7) is 3.08. The summed E-state index contributed by atoms with van der Waals surface area (Å²) in [7, 11) is 0. The molecule has 0 bridgehead atoms. The summed E-state index contributed by atoms with van der Waals surface area (Å²) in [6, 6.07) is 12.6. The molecule has 1 amide bonds. The van der Waals surface area contributed by atoms with E-state index in [2.05, 4.69) is 20.0 Å². The van der Waals surface area contributed by atoms with E-state index in [1.807, 2.05) is 36.1 Å². The summed E-state index contributed by atoms with van der Waals surface area (Å²) in [4.78, 5) is 23.6. The van der Waals surface area contributed by atoms with Crippen LogP contribution in [0.3, 0.4) is 0 Å². The number of anilines is 2. The van der Waals surface area contributed by atoms with Crippen LogP contribution in [0.25, 0.3) is 0 Å². The summed E-state index contributed by atoms with van der Waals surface area (Å²) in [5.41, 5.74) is 1.50. The Morgan fingerprint density at radius 1 is 1.03 bits per heavy atom. The van der Waals surface area contributed by atoms with Crippen LogP contribution >= 0.6 is 0 Å². The van der Waals surface area contributed by atoms with Crippen LogP contribution in [0.15, 0.2) is 60.9 Å². The molecule has 7 nitrogen and oxygen atoms in total. The number of hydrogen-bond donors (Lipinski definition) is 1. The lowest BCUT2D eigenvalue weighted by atomic mass is 9.97. The Morgan fingerprint density at radius 2 is 1.71 bits per heavy atom. The van der Waals surface area contributed by atoms with E-state index in [1.165, 1.54) is 12.1 Å². The maximum Gasteiger partial charge on any atom is 0.573 e. The first kappa shape index (κ1) is 23.3. The van der Waals surface area contributed by atoms with Crippen molar-refractivity contribution in [1.29, 1.82) is 0 Å². The maximum atomic E-state index is 12.8. The number of rotatable bonds is 6. The Bertz CT molecular complexity index is 1120. The van der Waals surface area contributed by atoms with Gasteiger partial charge in [-0.25, -0.2) is 9.97 Å². The van der Waals surface area contributed by atoms with Crippen LogP contribution in [0.5, 0.6) is 17.4 Å². The van der Waals surface area contributed by atoms with E-state index < -0.39 is 6.36 Å². The molecule has 2 heterocycles. The highest BCUT2D eigenvalue weighted by molar-refractivity contribution is 5.93. The monoisotopic (exact) mass is 472 g/mol. The van der Waals surface area contributed by atoms with E-state index in [1.54, 1.807) is 12.4 Å². The zero-order chi connectivity index (χ0) is 24.1. The largest absolute Gasteiger partial charge is 0.573 e. The molecule has 1 aliphatic rings. The van der Waals surface area contributed by atoms with Gasteiger partial charge in [0.1, 0.15) is 11.5 Å². The Morgan fingerprint density at radius 3 is 2.41 bits per heavy atom. The number of aromatic nitrogens is 2. The lowest BCUT2D eigenvalue weighted by molar-refractivity contribution is -0.274. The lowest BCUT2D eigenvalue weighted by Gasteiger charge is -2.33. The first-order valence-corrected chi connectivity index (χ1v) is 10.7. The number of carbonyl (C=O) groups is 1. The minimum atomic E-state index is -4.77. The molecule has 0 aliphatic carbocycles. The second-order valence-electron chi connectivity index (χ2n) is 7.95. The number of amides is 1. The van der Waals surface area contributed by atoms with Gasteiger partial charge in [0.2, 0.25) is 5.91 Å². The second kappa shape index (κ2) is 9.98. The first-order chi connectivity index (χ1) is 16.3. The van der Waals surface area contributed by atoms with Gasteiger partial charge in [0.05, 0.1) is 5.92 Å². The molecule has 1 aliphatic heterocycles. The number of halogens is 3. The number of ether oxygens (including phenoxy) is 2. The van der Waals surface area contributed by atoms with Gasteiger partial charge in [-0.3, -0.25) is 4.79 Å². The Labute approximate surface area is 194 Å². The molecule has 0 unspecified atom stereocenters. The normalized spacial score (nSPS) is 16.1. The van der Waals surface area contributed by atoms with Crippen LogP contribution in [0.4, 0.5) is 24.7 Å². The summed E-state index contributed by atoms with van der Waals surface area (Å²) in [6.07, 6.45) is -0.208. The number of nitrogens with zero attached hydrogens (tertiary/aromatic N) is 3. The molecule has 2 aromatic carbocycles. The van der Waals surface area contributed by atoms with Gasteiger partial charge in [0.15, 0.2) is 5.82 Å². The fourth-order valence-corrected chi connectivity index (χ4v) is 3.69. The molecule has 10 heteroatoms. The number of aryl methyl sites for hydroxylation is 1. The van der Waals surface area contributed by atoms with Crippen LogP contribution in [-0.4, -0.2) is 35.3 Å². The smallest absolute Gasteiger partial charge is 0.436 e. The van der Waals surface area contributed by atoms with Crippen molar-refractivity contribution in [3.8, 4) is 17.4 Å². The molecule has 1 saturated heterocycles. The lowest BCUT2D eigenvalue weighted by Crippen LogP contribution is -2.41. The molecular formula is C24H23F3N4O3. The topological polar surface area (TPSA) is 76.6 Å². The highest BCUT2D eigenvalue weighted by Gasteiger charge is 2.31. The van der Waals surface area contributed by atoms with Crippen molar-refractivity contribution in [2.24, 2.45) is 5.92 Å². The van der Waals surface area contributed by atoms with Crippen LogP contribution in [0, 0.1) is 12.8 Å². The minimum Gasteiger partial charge on any atom is -0.436 e. The number of nitrogens with one attached hydrogen (secondary N) is 1. The number of alkyl halides is 3. The third-order valence-electron chi connectivity index (χ3n) is 5.33.